The normalized spacial score (nSPS) is 10.2. The van der Waals surface area contributed by atoms with E-state index in [1.165, 1.54) is 0 Å². The molecule has 0 unspecified atom stereocenters. The number of amides is 2. The van der Waals surface area contributed by atoms with Crippen LogP contribution in [-0.4, -0.2) is 25.9 Å². The molecule has 0 aromatic heterocycles. The second-order valence-corrected chi connectivity index (χ2v) is 6.53. The molecule has 5 nitrogen and oxygen atoms in total. The second-order valence-electron chi connectivity index (χ2n) is 5.68. The summed E-state index contributed by atoms with van der Waals surface area (Å²) in [4.78, 5) is 25.9. The first-order valence-corrected chi connectivity index (χ1v) is 8.27. The van der Waals surface area contributed by atoms with E-state index in [1.807, 2.05) is 62.3 Å². The summed E-state index contributed by atoms with van der Waals surface area (Å²) >= 11 is 3.41. The number of hydrogen-bond acceptors (Lipinski definition) is 3. The summed E-state index contributed by atoms with van der Waals surface area (Å²) < 4.78 is 0.908. The van der Waals surface area contributed by atoms with Gasteiger partial charge in [0.1, 0.15) is 6.42 Å². The summed E-state index contributed by atoms with van der Waals surface area (Å²) in [5.41, 5.74) is 3.43. The van der Waals surface area contributed by atoms with Gasteiger partial charge in [-0.05, 0) is 48.9 Å². The summed E-state index contributed by atoms with van der Waals surface area (Å²) in [7, 11) is 3.89. The first-order chi connectivity index (χ1) is 11.3. The zero-order valence-electron chi connectivity index (χ0n) is 13.9. The number of nitrogens with one attached hydrogen (secondary N) is 2. The van der Waals surface area contributed by atoms with Gasteiger partial charge < -0.3 is 15.5 Å². The molecule has 2 N–H and O–H groups in total. The number of benzene rings is 2. The highest BCUT2D eigenvalue weighted by Gasteiger charge is 2.10. The molecule has 0 radical (unpaired) electrons. The van der Waals surface area contributed by atoms with Crippen LogP contribution in [0, 0.1) is 6.92 Å². The van der Waals surface area contributed by atoms with Crippen LogP contribution in [0.15, 0.2) is 46.9 Å². The maximum Gasteiger partial charge on any atom is 0.233 e. The zero-order valence-corrected chi connectivity index (χ0v) is 15.5. The maximum atomic E-state index is 12.0. The topological polar surface area (TPSA) is 61.4 Å². The molecular formula is C18H20BrN3O2. The van der Waals surface area contributed by atoms with Crippen molar-refractivity contribution in [2.75, 3.05) is 29.6 Å². The van der Waals surface area contributed by atoms with Crippen LogP contribution in [0.1, 0.15) is 12.0 Å². The Kier molecular flexibility index (Phi) is 5.98. The van der Waals surface area contributed by atoms with Crippen LogP contribution in [0.3, 0.4) is 0 Å². The van der Waals surface area contributed by atoms with Gasteiger partial charge in [0.05, 0.1) is 0 Å². The number of anilines is 3. The smallest absolute Gasteiger partial charge is 0.233 e. The molecule has 0 atom stereocenters. The Bertz CT molecular complexity index is 742. The highest BCUT2D eigenvalue weighted by molar-refractivity contribution is 9.10. The lowest BCUT2D eigenvalue weighted by Crippen LogP contribution is -2.21. The molecule has 0 saturated carbocycles. The summed E-state index contributed by atoms with van der Waals surface area (Å²) in [6.45, 7) is 1.96. The third kappa shape index (κ3) is 5.09. The summed E-state index contributed by atoms with van der Waals surface area (Å²) in [6.07, 6.45) is -0.235. The van der Waals surface area contributed by atoms with Gasteiger partial charge in [-0.1, -0.05) is 22.0 Å². The fraction of sp³-hybridized carbons (Fsp3) is 0.222. The van der Waals surface area contributed by atoms with E-state index >= 15 is 0 Å². The second kappa shape index (κ2) is 7.97. The van der Waals surface area contributed by atoms with E-state index in [4.69, 9.17) is 0 Å². The molecule has 2 aromatic carbocycles. The number of nitrogens with zero attached hydrogens (tertiary/aromatic N) is 1. The van der Waals surface area contributed by atoms with Crippen molar-refractivity contribution in [1.82, 2.24) is 0 Å². The number of rotatable bonds is 5. The van der Waals surface area contributed by atoms with Crippen molar-refractivity contribution < 1.29 is 9.59 Å². The number of carbonyl (C=O) groups is 2. The molecule has 2 amide bonds. The molecule has 0 spiro atoms. The molecule has 0 saturated heterocycles. The predicted octanol–water partition coefficient (Wildman–Crippen LogP) is 3.79. The van der Waals surface area contributed by atoms with Gasteiger partial charge >= 0.3 is 0 Å². The van der Waals surface area contributed by atoms with E-state index in [9.17, 15) is 9.59 Å². The van der Waals surface area contributed by atoms with E-state index in [-0.39, 0.29) is 18.2 Å². The third-order valence-corrected chi connectivity index (χ3v) is 4.30. The van der Waals surface area contributed by atoms with Crippen LogP contribution in [0.2, 0.25) is 0 Å². The van der Waals surface area contributed by atoms with Crippen LogP contribution >= 0.6 is 15.9 Å². The molecule has 0 heterocycles. The average molecular weight is 390 g/mol. The monoisotopic (exact) mass is 389 g/mol. The van der Waals surface area contributed by atoms with Crippen LogP contribution in [-0.2, 0) is 9.59 Å². The van der Waals surface area contributed by atoms with E-state index in [2.05, 4.69) is 26.6 Å². The van der Waals surface area contributed by atoms with Gasteiger partial charge in [0.2, 0.25) is 11.8 Å². The minimum absolute atomic E-state index is 0.235. The quantitative estimate of drug-likeness (QED) is 0.764. The SMILES string of the molecule is Cc1ccc(NC(=O)CC(=O)Nc2ccc(N(C)C)cc2)cc1Br. The van der Waals surface area contributed by atoms with Gasteiger partial charge in [-0.25, -0.2) is 0 Å². The van der Waals surface area contributed by atoms with Crippen molar-refractivity contribution in [3.8, 4) is 0 Å². The molecule has 6 heteroatoms. The Morgan fingerprint density at radius 1 is 0.958 bits per heavy atom. The zero-order chi connectivity index (χ0) is 17.7. The molecule has 0 fully saturated rings. The van der Waals surface area contributed by atoms with E-state index in [0.29, 0.717) is 11.4 Å². The van der Waals surface area contributed by atoms with Crippen LogP contribution in [0.5, 0.6) is 0 Å². The molecular weight excluding hydrogens is 370 g/mol. The molecule has 0 aliphatic carbocycles. The maximum absolute atomic E-state index is 12.0. The van der Waals surface area contributed by atoms with E-state index < -0.39 is 0 Å². The molecule has 0 aliphatic rings. The molecule has 0 aliphatic heterocycles. The number of halogens is 1. The van der Waals surface area contributed by atoms with Crippen LogP contribution < -0.4 is 15.5 Å². The van der Waals surface area contributed by atoms with Gasteiger partial charge in [-0.2, -0.15) is 0 Å². The van der Waals surface area contributed by atoms with E-state index in [1.54, 1.807) is 6.07 Å². The van der Waals surface area contributed by atoms with E-state index in [0.717, 1.165) is 15.7 Å². The lowest BCUT2D eigenvalue weighted by Gasteiger charge is -2.13. The molecule has 126 valence electrons. The number of carbonyl (C=O) groups excluding carboxylic acids is 2. The highest BCUT2D eigenvalue weighted by Crippen LogP contribution is 2.21. The van der Waals surface area contributed by atoms with Crippen molar-refractivity contribution in [1.29, 1.82) is 0 Å². The summed E-state index contributed by atoms with van der Waals surface area (Å²) in [6, 6.07) is 12.9. The summed E-state index contributed by atoms with van der Waals surface area (Å²) in [5.74, 6) is -0.704. The minimum Gasteiger partial charge on any atom is -0.378 e. The van der Waals surface area contributed by atoms with Gasteiger partial charge in [0.25, 0.3) is 0 Å². The van der Waals surface area contributed by atoms with Crippen LogP contribution in [0.4, 0.5) is 17.1 Å². The van der Waals surface area contributed by atoms with Crippen molar-refractivity contribution in [3.63, 3.8) is 0 Å². The van der Waals surface area contributed by atoms with Gasteiger partial charge in [0.15, 0.2) is 0 Å². The minimum atomic E-state index is -0.354. The van der Waals surface area contributed by atoms with Crippen molar-refractivity contribution >= 4 is 44.8 Å². The summed E-state index contributed by atoms with van der Waals surface area (Å²) in [5, 5.41) is 5.43. The largest absolute Gasteiger partial charge is 0.378 e. The number of aryl methyl sites for hydroxylation is 1. The first kappa shape index (κ1) is 18.0. The van der Waals surface area contributed by atoms with Gasteiger partial charge in [0, 0.05) is 35.6 Å². The van der Waals surface area contributed by atoms with Gasteiger partial charge in [-0.15, -0.1) is 0 Å². The molecule has 2 aromatic rings. The van der Waals surface area contributed by atoms with Crippen LogP contribution in [0.25, 0.3) is 0 Å². The Balaban J connectivity index is 1.89. The Labute approximate surface area is 150 Å². The highest BCUT2D eigenvalue weighted by atomic mass is 79.9. The first-order valence-electron chi connectivity index (χ1n) is 7.48. The van der Waals surface area contributed by atoms with Crippen molar-refractivity contribution in [2.24, 2.45) is 0 Å². The van der Waals surface area contributed by atoms with Crippen molar-refractivity contribution in [2.45, 2.75) is 13.3 Å². The van der Waals surface area contributed by atoms with Gasteiger partial charge in [-0.3, -0.25) is 9.59 Å². The van der Waals surface area contributed by atoms with Crippen molar-refractivity contribution in [3.05, 3.63) is 52.5 Å². The average Bonchev–Trinajstić information content (AvgIpc) is 2.51. The Morgan fingerprint density at radius 2 is 1.50 bits per heavy atom. The molecule has 0 bridgehead atoms. The lowest BCUT2D eigenvalue weighted by atomic mass is 10.2. The number of hydrogen-bond donors (Lipinski definition) is 2. The Morgan fingerprint density at radius 3 is 2.04 bits per heavy atom. The fourth-order valence-electron chi connectivity index (χ4n) is 2.07. The fourth-order valence-corrected chi connectivity index (χ4v) is 2.45. The predicted molar refractivity (Wildman–Crippen MR) is 102 cm³/mol. The standard InChI is InChI=1S/C18H20BrN3O2/c1-12-4-5-14(10-16(12)19)21-18(24)11-17(23)20-13-6-8-15(9-7-13)22(2)3/h4-10H,11H2,1-3H3,(H,20,23)(H,21,24). The Hall–Kier alpha value is -2.34. The third-order valence-electron chi connectivity index (χ3n) is 3.44. The molecule has 24 heavy (non-hydrogen) atoms. The molecule has 2 rings (SSSR count). The lowest BCUT2D eigenvalue weighted by molar-refractivity contribution is -0.123.